The van der Waals surface area contributed by atoms with Crippen molar-refractivity contribution in [1.82, 2.24) is 24.1 Å². The monoisotopic (exact) mass is 322 g/mol. The maximum absolute atomic E-state index is 9.54. The molecule has 0 radical (unpaired) electrons. The summed E-state index contributed by atoms with van der Waals surface area (Å²) in [5.74, 6) is 0.956. The van der Waals surface area contributed by atoms with Gasteiger partial charge in [-0.05, 0) is 25.5 Å². The highest BCUT2D eigenvalue weighted by Gasteiger charge is 2.18. The summed E-state index contributed by atoms with van der Waals surface area (Å²) in [6, 6.07) is 8.22. The van der Waals surface area contributed by atoms with Crippen LogP contribution in [0.25, 0.3) is 27.3 Å². The van der Waals surface area contributed by atoms with Crippen LogP contribution in [0.4, 0.5) is 0 Å². The number of hydrogen-bond acceptors (Lipinski definition) is 5. The van der Waals surface area contributed by atoms with Crippen LogP contribution in [0.5, 0.6) is 0 Å². The molecule has 0 aliphatic rings. The van der Waals surface area contributed by atoms with E-state index >= 15 is 0 Å². The molecule has 0 fully saturated rings. The average molecular weight is 322 g/mol. The Labute approximate surface area is 136 Å². The first-order chi connectivity index (χ1) is 11.1. The van der Waals surface area contributed by atoms with Crippen molar-refractivity contribution in [2.45, 2.75) is 20.3 Å². The fourth-order valence-electron chi connectivity index (χ4n) is 2.70. The van der Waals surface area contributed by atoms with Crippen molar-refractivity contribution in [3.63, 3.8) is 0 Å². The Balaban J connectivity index is 1.94. The molecule has 3 heterocycles. The third-order valence-electron chi connectivity index (χ3n) is 4.03. The van der Waals surface area contributed by atoms with Crippen LogP contribution in [0.2, 0.25) is 0 Å². The lowest BCUT2D eigenvalue weighted by molar-refractivity contribution is 0.886. The summed E-state index contributed by atoms with van der Waals surface area (Å²) in [7, 11) is 1.99. The fourth-order valence-corrected chi connectivity index (χ4v) is 3.53. The van der Waals surface area contributed by atoms with Gasteiger partial charge in [-0.25, -0.2) is 9.97 Å². The van der Waals surface area contributed by atoms with Crippen LogP contribution in [0, 0.1) is 18.3 Å². The van der Waals surface area contributed by atoms with Gasteiger partial charge in [-0.2, -0.15) is 14.9 Å². The molecule has 6 nitrogen and oxygen atoms in total. The van der Waals surface area contributed by atoms with Gasteiger partial charge in [-0.3, -0.25) is 0 Å². The Kier molecular flexibility index (Phi) is 2.96. The van der Waals surface area contributed by atoms with Crippen LogP contribution in [0.15, 0.2) is 18.2 Å². The van der Waals surface area contributed by atoms with E-state index in [0.29, 0.717) is 11.4 Å². The third kappa shape index (κ3) is 1.95. The Morgan fingerprint density at radius 3 is 2.87 bits per heavy atom. The van der Waals surface area contributed by atoms with E-state index in [-0.39, 0.29) is 0 Å². The molecule has 0 saturated carbocycles. The molecule has 4 rings (SSSR count). The molecule has 0 atom stereocenters. The van der Waals surface area contributed by atoms with Crippen LogP contribution in [0.1, 0.15) is 23.4 Å². The van der Waals surface area contributed by atoms with Gasteiger partial charge in [0.1, 0.15) is 22.6 Å². The molecule has 4 aromatic rings. The van der Waals surface area contributed by atoms with E-state index in [9.17, 15) is 5.26 Å². The molecule has 114 valence electrons. The number of benzene rings is 1. The van der Waals surface area contributed by atoms with E-state index in [1.165, 1.54) is 11.3 Å². The minimum Gasteiger partial charge on any atom is -0.331 e. The summed E-state index contributed by atoms with van der Waals surface area (Å²) in [5, 5.41) is 15.0. The summed E-state index contributed by atoms with van der Waals surface area (Å²) >= 11 is 1.52. The first-order valence-corrected chi connectivity index (χ1v) is 8.16. The fraction of sp³-hybridized carbons (Fsp3) is 0.250. The summed E-state index contributed by atoms with van der Waals surface area (Å²) < 4.78 is 3.69. The van der Waals surface area contributed by atoms with Crippen LogP contribution in [-0.4, -0.2) is 24.1 Å². The number of hydrogen-bond donors (Lipinski definition) is 0. The molecule has 3 aromatic heterocycles. The van der Waals surface area contributed by atoms with Crippen molar-refractivity contribution in [2.75, 3.05) is 0 Å². The molecule has 0 amide bonds. The van der Waals surface area contributed by atoms with Gasteiger partial charge in [0, 0.05) is 12.6 Å². The Morgan fingerprint density at radius 1 is 1.30 bits per heavy atom. The second-order valence-electron chi connectivity index (χ2n) is 5.39. The van der Waals surface area contributed by atoms with Crippen molar-refractivity contribution in [3.8, 4) is 17.3 Å². The summed E-state index contributed by atoms with van der Waals surface area (Å²) in [6.45, 7) is 4.02. The van der Waals surface area contributed by atoms with Crippen molar-refractivity contribution < 1.29 is 0 Å². The van der Waals surface area contributed by atoms with E-state index in [1.54, 1.807) is 4.52 Å². The molecule has 0 aliphatic heterocycles. The Morgan fingerprint density at radius 2 is 2.13 bits per heavy atom. The average Bonchev–Trinajstić information content (AvgIpc) is 3.18. The highest BCUT2D eigenvalue weighted by molar-refractivity contribution is 7.16. The Bertz CT molecular complexity index is 1090. The zero-order valence-corrected chi connectivity index (χ0v) is 13.8. The topological polar surface area (TPSA) is 71.8 Å². The van der Waals surface area contributed by atoms with E-state index in [4.69, 9.17) is 0 Å². The van der Waals surface area contributed by atoms with E-state index in [2.05, 4.69) is 21.1 Å². The maximum atomic E-state index is 9.54. The maximum Gasteiger partial charge on any atom is 0.214 e. The van der Waals surface area contributed by atoms with Gasteiger partial charge in [0.25, 0.3) is 0 Å². The summed E-state index contributed by atoms with van der Waals surface area (Å²) in [5.41, 5.74) is 4.01. The van der Waals surface area contributed by atoms with Gasteiger partial charge in [0.05, 0.1) is 11.0 Å². The van der Waals surface area contributed by atoms with Crippen molar-refractivity contribution in [2.24, 2.45) is 7.05 Å². The van der Waals surface area contributed by atoms with E-state index in [0.717, 1.165) is 38.8 Å². The van der Waals surface area contributed by atoms with Crippen LogP contribution < -0.4 is 0 Å². The number of imidazole rings is 2. The lowest BCUT2D eigenvalue weighted by Gasteiger charge is -1.99. The number of aromatic nitrogens is 5. The highest BCUT2D eigenvalue weighted by Crippen LogP contribution is 2.29. The molecule has 0 aliphatic carbocycles. The normalized spacial score (nSPS) is 11.4. The van der Waals surface area contributed by atoms with Gasteiger partial charge in [0.2, 0.25) is 4.96 Å². The standard InChI is InChI=1S/C16H14N6S/c1-4-14-20-22-13(8-17)15(19-16(22)23-14)10-5-6-12-11(7-10)18-9(2)21(12)3/h5-7H,4H2,1-3H3. The van der Waals surface area contributed by atoms with E-state index < -0.39 is 0 Å². The molecule has 7 heteroatoms. The second-order valence-corrected chi connectivity index (χ2v) is 6.43. The summed E-state index contributed by atoms with van der Waals surface area (Å²) in [6.07, 6.45) is 0.841. The predicted molar refractivity (Wildman–Crippen MR) is 89.4 cm³/mol. The third-order valence-corrected chi connectivity index (χ3v) is 5.08. The molecular weight excluding hydrogens is 308 g/mol. The summed E-state index contributed by atoms with van der Waals surface area (Å²) in [4.78, 5) is 9.93. The quantitative estimate of drug-likeness (QED) is 0.568. The number of nitriles is 1. The molecule has 23 heavy (non-hydrogen) atoms. The van der Waals surface area contributed by atoms with Crippen LogP contribution in [-0.2, 0) is 13.5 Å². The largest absolute Gasteiger partial charge is 0.331 e. The smallest absolute Gasteiger partial charge is 0.214 e. The number of rotatable bonds is 2. The Hall–Kier alpha value is -2.72. The zero-order valence-electron chi connectivity index (χ0n) is 13.0. The van der Waals surface area contributed by atoms with Crippen LogP contribution >= 0.6 is 11.3 Å². The van der Waals surface area contributed by atoms with Gasteiger partial charge < -0.3 is 4.57 Å². The lowest BCUT2D eigenvalue weighted by atomic mass is 10.1. The first-order valence-electron chi connectivity index (χ1n) is 7.34. The van der Waals surface area contributed by atoms with Gasteiger partial charge >= 0.3 is 0 Å². The van der Waals surface area contributed by atoms with Gasteiger partial charge in [-0.1, -0.05) is 24.3 Å². The van der Waals surface area contributed by atoms with Gasteiger partial charge in [-0.15, -0.1) is 0 Å². The number of nitrogens with zero attached hydrogens (tertiary/aromatic N) is 6. The molecule has 0 saturated heterocycles. The molecule has 0 N–H and O–H groups in total. The minimum atomic E-state index is 0.475. The molecule has 0 bridgehead atoms. The minimum absolute atomic E-state index is 0.475. The van der Waals surface area contributed by atoms with Gasteiger partial charge in [0.15, 0.2) is 5.69 Å². The van der Waals surface area contributed by atoms with Crippen molar-refractivity contribution in [1.29, 1.82) is 5.26 Å². The van der Waals surface area contributed by atoms with Crippen molar-refractivity contribution in [3.05, 3.63) is 34.7 Å². The lowest BCUT2D eigenvalue weighted by Crippen LogP contribution is -1.92. The molecular formula is C16H14N6S. The number of aryl methyl sites for hydroxylation is 3. The van der Waals surface area contributed by atoms with E-state index in [1.807, 2.05) is 43.7 Å². The predicted octanol–water partition coefficient (Wildman–Crippen LogP) is 3.09. The second kappa shape index (κ2) is 4.89. The van der Waals surface area contributed by atoms with Crippen LogP contribution in [0.3, 0.4) is 0 Å². The highest BCUT2D eigenvalue weighted by atomic mass is 32.1. The zero-order chi connectivity index (χ0) is 16.1. The first kappa shape index (κ1) is 13.9. The SMILES string of the molecule is CCc1nn2c(C#N)c(-c3ccc4c(c3)nc(C)n4C)nc2s1. The molecule has 1 aromatic carbocycles. The number of fused-ring (bicyclic) bond motifs is 2. The molecule has 0 unspecified atom stereocenters. The van der Waals surface area contributed by atoms with Crippen molar-refractivity contribution >= 4 is 27.3 Å². The molecule has 0 spiro atoms.